The third kappa shape index (κ3) is 3.63. The van der Waals surface area contributed by atoms with Gasteiger partial charge in [0.05, 0.1) is 34.4 Å². The van der Waals surface area contributed by atoms with Crippen LogP contribution in [0.1, 0.15) is 34.6 Å². The summed E-state index contributed by atoms with van der Waals surface area (Å²) in [5.41, 5.74) is 1.21. The van der Waals surface area contributed by atoms with Crippen molar-refractivity contribution in [2.45, 2.75) is 33.4 Å². The Morgan fingerprint density at radius 2 is 2.04 bits per heavy atom. The molecule has 0 N–H and O–H groups in total. The van der Waals surface area contributed by atoms with Gasteiger partial charge in [-0.25, -0.2) is 9.78 Å². The normalized spacial score (nSPS) is 11.3. The minimum Gasteiger partial charge on any atom is -0.459 e. The van der Waals surface area contributed by atoms with Crippen LogP contribution in [0.2, 0.25) is 10.0 Å². The average molecular weight is 411 g/mol. The molecule has 136 valence electrons. The molecule has 2 heterocycles. The highest BCUT2D eigenvalue weighted by molar-refractivity contribution is 7.20. The number of nitrogens with zero attached hydrogens (tertiary/aromatic N) is 2. The number of aryl methyl sites for hydroxylation is 1. The van der Waals surface area contributed by atoms with Crippen LogP contribution in [0.3, 0.4) is 0 Å². The fourth-order valence-corrected chi connectivity index (χ4v) is 3.91. The van der Waals surface area contributed by atoms with Gasteiger partial charge in [0.1, 0.15) is 9.71 Å². The SMILES string of the molecule is Cc1c(C(=O)OC(C)C)sc2ncn(Cc3ccc(Cl)c(Cl)c3)c(=O)c12. The number of hydrogen-bond donors (Lipinski definition) is 0. The Morgan fingerprint density at radius 3 is 2.69 bits per heavy atom. The minimum atomic E-state index is -0.434. The number of aromatic nitrogens is 2. The van der Waals surface area contributed by atoms with Gasteiger partial charge < -0.3 is 4.74 Å². The first-order valence-corrected chi connectivity index (χ1v) is 9.48. The van der Waals surface area contributed by atoms with Crippen LogP contribution in [0, 0.1) is 6.92 Å². The lowest BCUT2D eigenvalue weighted by molar-refractivity contribution is 0.0383. The Morgan fingerprint density at radius 1 is 1.31 bits per heavy atom. The van der Waals surface area contributed by atoms with Crippen molar-refractivity contribution < 1.29 is 9.53 Å². The lowest BCUT2D eigenvalue weighted by Gasteiger charge is -2.07. The lowest BCUT2D eigenvalue weighted by Crippen LogP contribution is -2.21. The van der Waals surface area contributed by atoms with E-state index in [4.69, 9.17) is 27.9 Å². The van der Waals surface area contributed by atoms with Crippen molar-refractivity contribution in [2.24, 2.45) is 0 Å². The van der Waals surface area contributed by atoms with Gasteiger partial charge in [-0.3, -0.25) is 9.36 Å². The second kappa shape index (κ2) is 7.39. The third-order valence-corrected chi connectivity index (χ3v) is 5.70. The van der Waals surface area contributed by atoms with Crippen molar-refractivity contribution >= 4 is 50.7 Å². The molecule has 0 atom stereocenters. The van der Waals surface area contributed by atoms with E-state index < -0.39 is 5.97 Å². The number of ether oxygens (including phenoxy) is 1. The van der Waals surface area contributed by atoms with E-state index in [1.807, 2.05) is 0 Å². The standard InChI is InChI=1S/C18H16Cl2N2O3S/c1-9(2)25-18(24)15-10(3)14-16(26-15)21-8-22(17(14)23)7-11-4-5-12(19)13(20)6-11/h4-6,8-9H,7H2,1-3H3. The molecule has 0 aliphatic rings. The zero-order chi connectivity index (χ0) is 19.0. The molecule has 0 spiro atoms. The molecule has 0 unspecified atom stereocenters. The lowest BCUT2D eigenvalue weighted by atomic mass is 10.2. The smallest absolute Gasteiger partial charge is 0.348 e. The van der Waals surface area contributed by atoms with Gasteiger partial charge in [-0.1, -0.05) is 29.3 Å². The number of esters is 1. The summed E-state index contributed by atoms with van der Waals surface area (Å²) in [6.45, 7) is 5.61. The fraction of sp³-hybridized carbons (Fsp3) is 0.278. The summed E-state index contributed by atoms with van der Waals surface area (Å²) in [7, 11) is 0. The van der Waals surface area contributed by atoms with E-state index in [-0.39, 0.29) is 11.7 Å². The Kier molecular flexibility index (Phi) is 5.37. The van der Waals surface area contributed by atoms with Gasteiger partial charge in [-0.15, -0.1) is 11.3 Å². The molecule has 0 fully saturated rings. The van der Waals surface area contributed by atoms with Crippen LogP contribution in [0.4, 0.5) is 0 Å². The van der Waals surface area contributed by atoms with Gasteiger partial charge in [-0.05, 0) is 44.0 Å². The van der Waals surface area contributed by atoms with Crippen molar-refractivity contribution in [3.8, 4) is 0 Å². The number of rotatable bonds is 4. The Hall–Kier alpha value is -1.89. The Bertz CT molecular complexity index is 1060. The summed E-state index contributed by atoms with van der Waals surface area (Å²) in [6, 6.07) is 5.20. The van der Waals surface area contributed by atoms with Crippen LogP contribution in [0.15, 0.2) is 29.3 Å². The molecule has 2 aromatic heterocycles. The molecule has 26 heavy (non-hydrogen) atoms. The average Bonchev–Trinajstić information content (AvgIpc) is 2.90. The van der Waals surface area contributed by atoms with Gasteiger partial charge in [0.15, 0.2) is 0 Å². The second-order valence-corrected chi connectivity index (χ2v) is 7.93. The van der Waals surface area contributed by atoms with Crippen molar-refractivity contribution in [1.29, 1.82) is 0 Å². The zero-order valence-corrected chi connectivity index (χ0v) is 16.7. The molecule has 0 bridgehead atoms. The zero-order valence-electron chi connectivity index (χ0n) is 14.4. The molecular weight excluding hydrogens is 395 g/mol. The first-order valence-electron chi connectivity index (χ1n) is 7.91. The van der Waals surface area contributed by atoms with E-state index in [2.05, 4.69) is 4.98 Å². The van der Waals surface area contributed by atoms with E-state index >= 15 is 0 Å². The predicted octanol–water partition coefficient (Wildman–Crippen LogP) is 4.69. The van der Waals surface area contributed by atoms with E-state index in [1.54, 1.807) is 39.0 Å². The van der Waals surface area contributed by atoms with Crippen molar-refractivity contribution in [1.82, 2.24) is 9.55 Å². The maximum Gasteiger partial charge on any atom is 0.348 e. The summed E-state index contributed by atoms with van der Waals surface area (Å²) in [5, 5.41) is 1.32. The van der Waals surface area contributed by atoms with Crippen LogP contribution in [-0.2, 0) is 11.3 Å². The molecule has 0 saturated heterocycles. The number of hydrogen-bond acceptors (Lipinski definition) is 5. The number of thiophene rings is 1. The maximum atomic E-state index is 12.9. The van der Waals surface area contributed by atoms with E-state index in [9.17, 15) is 9.59 Å². The molecule has 8 heteroatoms. The van der Waals surface area contributed by atoms with Crippen LogP contribution in [0.25, 0.3) is 10.2 Å². The first-order chi connectivity index (χ1) is 12.3. The largest absolute Gasteiger partial charge is 0.459 e. The number of fused-ring (bicyclic) bond motifs is 1. The van der Waals surface area contributed by atoms with Crippen LogP contribution >= 0.6 is 34.5 Å². The quantitative estimate of drug-likeness (QED) is 0.585. The monoisotopic (exact) mass is 410 g/mol. The highest BCUT2D eigenvalue weighted by Gasteiger charge is 2.21. The first kappa shape index (κ1) is 18.9. The highest BCUT2D eigenvalue weighted by Crippen LogP contribution is 2.28. The Labute approximate surface area is 164 Å². The molecule has 1 aromatic carbocycles. The summed E-state index contributed by atoms with van der Waals surface area (Å²) < 4.78 is 6.73. The predicted molar refractivity (Wildman–Crippen MR) is 105 cm³/mol. The molecule has 0 radical (unpaired) electrons. The van der Waals surface area contributed by atoms with Crippen molar-refractivity contribution in [2.75, 3.05) is 0 Å². The van der Waals surface area contributed by atoms with E-state index in [0.717, 1.165) is 5.56 Å². The van der Waals surface area contributed by atoms with Gasteiger partial charge in [-0.2, -0.15) is 0 Å². The third-order valence-electron chi connectivity index (χ3n) is 3.78. The van der Waals surface area contributed by atoms with Crippen LogP contribution < -0.4 is 5.56 Å². The van der Waals surface area contributed by atoms with Crippen LogP contribution in [0.5, 0.6) is 0 Å². The molecule has 5 nitrogen and oxygen atoms in total. The molecule has 3 rings (SSSR count). The van der Waals surface area contributed by atoms with Crippen LogP contribution in [-0.4, -0.2) is 21.6 Å². The number of carbonyl (C=O) groups is 1. The summed E-state index contributed by atoms with van der Waals surface area (Å²) in [4.78, 5) is 30.4. The van der Waals surface area contributed by atoms with Crippen molar-refractivity contribution in [3.63, 3.8) is 0 Å². The molecule has 0 aliphatic carbocycles. The summed E-state index contributed by atoms with van der Waals surface area (Å²) in [5.74, 6) is -0.434. The van der Waals surface area contributed by atoms with Gasteiger partial charge in [0.2, 0.25) is 0 Å². The maximum absolute atomic E-state index is 12.9. The molecule has 3 aromatic rings. The van der Waals surface area contributed by atoms with Gasteiger partial charge >= 0.3 is 5.97 Å². The molecule has 0 aliphatic heterocycles. The Balaban J connectivity index is 2.02. The minimum absolute atomic E-state index is 0.210. The molecular formula is C18H16Cl2N2O3S. The summed E-state index contributed by atoms with van der Waals surface area (Å²) >= 11 is 13.1. The van der Waals surface area contributed by atoms with Gasteiger partial charge in [0, 0.05) is 0 Å². The van der Waals surface area contributed by atoms with E-state index in [1.165, 1.54) is 22.2 Å². The number of benzene rings is 1. The number of carbonyl (C=O) groups excluding carboxylic acids is 1. The summed E-state index contributed by atoms with van der Waals surface area (Å²) in [6.07, 6.45) is 1.24. The number of halogens is 2. The van der Waals surface area contributed by atoms with Crippen molar-refractivity contribution in [3.05, 3.63) is 60.9 Å². The topological polar surface area (TPSA) is 61.2 Å². The highest BCUT2D eigenvalue weighted by atomic mass is 35.5. The second-order valence-electron chi connectivity index (χ2n) is 6.12. The van der Waals surface area contributed by atoms with E-state index in [0.29, 0.717) is 37.2 Å². The van der Waals surface area contributed by atoms with Gasteiger partial charge in [0.25, 0.3) is 5.56 Å². The molecule has 0 amide bonds. The fourth-order valence-electron chi connectivity index (χ4n) is 2.57. The molecule has 0 saturated carbocycles.